The van der Waals surface area contributed by atoms with Crippen LogP contribution in [0.4, 0.5) is 0 Å². The van der Waals surface area contributed by atoms with Crippen LogP contribution in [0.5, 0.6) is 5.75 Å². The maximum atomic E-state index is 13.5. The minimum atomic E-state index is -0.182. The normalized spacial score (nSPS) is 21.7. The number of likely N-dealkylation sites (tertiary alicyclic amines) is 1. The molecule has 1 aliphatic heterocycles. The first kappa shape index (κ1) is 21.7. The zero-order valence-corrected chi connectivity index (χ0v) is 19.1. The largest absolute Gasteiger partial charge is 0.508 e. The highest BCUT2D eigenvalue weighted by atomic mass is 16.3. The number of hydrogen-bond acceptors (Lipinski definition) is 4. The van der Waals surface area contributed by atoms with Crippen LogP contribution >= 0.6 is 0 Å². The Labute approximate surface area is 184 Å². The molecule has 5 heteroatoms. The molecule has 1 aromatic heterocycles. The lowest BCUT2D eigenvalue weighted by Gasteiger charge is -2.33. The molecule has 0 radical (unpaired) electrons. The van der Waals surface area contributed by atoms with Gasteiger partial charge in [-0.3, -0.25) is 9.69 Å². The van der Waals surface area contributed by atoms with E-state index < -0.39 is 0 Å². The summed E-state index contributed by atoms with van der Waals surface area (Å²) >= 11 is 0. The predicted octanol–water partition coefficient (Wildman–Crippen LogP) is 5.46. The Morgan fingerprint density at radius 3 is 2.58 bits per heavy atom. The molecule has 1 amide bonds. The van der Waals surface area contributed by atoms with Crippen LogP contribution < -0.4 is 5.32 Å². The number of carbonyl (C=O) groups is 1. The van der Waals surface area contributed by atoms with Crippen molar-refractivity contribution in [2.75, 3.05) is 13.1 Å². The molecule has 5 nitrogen and oxygen atoms in total. The van der Waals surface area contributed by atoms with Crippen molar-refractivity contribution in [3.63, 3.8) is 0 Å². The Balaban J connectivity index is 1.69. The standard InChI is InChI=1S/C26H34N2O3/c1-17-9-12-22(26(3,4)15-17)27-25(30)23-18(2)31-21-11-10-20(29)19(24(21)23)16-28-13-7-5-6-8-14-28/h9-12,15,22,29H,5-8,13-14,16H2,1-4H3,(H,27,30). The summed E-state index contributed by atoms with van der Waals surface area (Å²) in [5, 5.41) is 14.7. The van der Waals surface area contributed by atoms with Crippen molar-refractivity contribution in [2.24, 2.45) is 5.41 Å². The first-order chi connectivity index (χ1) is 14.8. The van der Waals surface area contributed by atoms with Gasteiger partial charge in [-0.25, -0.2) is 0 Å². The number of phenols is 1. The molecule has 4 rings (SSSR count). The molecule has 31 heavy (non-hydrogen) atoms. The fourth-order valence-corrected chi connectivity index (χ4v) is 4.99. The number of phenolic OH excluding ortho intramolecular Hbond substituents is 1. The molecule has 2 N–H and O–H groups in total. The molecule has 1 saturated heterocycles. The summed E-state index contributed by atoms with van der Waals surface area (Å²) in [6.07, 6.45) is 11.1. The quantitative estimate of drug-likeness (QED) is 0.686. The van der Waals surface area contributed by atoms with Gasteiger partial charge in [-0.05, 0) is 51.9 Å². The van der Waals surface area contributed by atoms with E-state index in [4.69, 9.17) is 4.42 Å². The van der Waals surface area contributed by atoms with E-state index in [0.717, 1.165) is 24.0 Å². The third kappa shape index (κ3) is 4.42. The van der Waals surface area contributed by atoms with Gasteiger partial charge in [-0.1, -0.05) is 50.5 Å². The van der Waals surface area contributed by atoms with Crippen LogP contribution in [0.2, 0.25) is 0 Å². The number of benzene rings is 1. The number of nitrogens with one attached hydrogen (secondary N) is 1. The average molecular weight is 423 g/mol. The van der Waals surface area contributed by atoms with Gasteiger partial charge in [0.25, 0.3) is 5.91 Å². The summed E-state index contributed by atoms with van der Waals surface area (Å²) in [5.41, 5.74) is 2.99. The molecule has 2 aliphatic rings. The lowest BCUT2D eigenvalue weighted by atomic mass is 9.79. The van der Waals surface area contributed by atoms with Crippen molar-refractivity contribution >= 4 is 16.9 Å². The molecular weight excluding hydrogens is 388 g/mol. The van der Waals surface area contributed by atoms with Crippen molar-refractivity contribution < 1.29 is 14.3 Å². The zero-order valence-electron chi connectivity index (χ0n) is 19.1. The van der Waals surface area contributed by atoms with Gasteiger partial charge >= 0.3 is 0 Å². The topological polar surface area (TPSA) is 65.7 Å². The zero-order chi connectivity index (χ0) is 22.2. The lowest BCUT2D eigenvalue weighted by molar-refractivity contribution is 0.0925. The Kier molecular flexibility index (Phi) is 5.98. The Morgan fingerprint density at radius 2 is 1.90 bits per heavy atom. The Bertz CT molecular complexity index is 1040. The highest BCUT2D eigenvalue weighted by molar-refractivity contribution is 6.09. The average Bonchev–Trinajstić information content (AvgIpc) is 2.86. The predicted molar refractivity (Wildman–Crippen MR) is 124 cm³/mol. The summed E-state index contributed by atoms with van der Waals surface area (Å²) in [6.45, 7) is 10.8. The second-order valence-corrected chi connectivity index (χ2v) is 9.68. The molecular formula is C26H34N2O3. The van der Waals surface area contributed by atoms with Crippen LogP contribution in [-0.2, 0) is 6.54 Å². The summed E-state index contributed by atoms with van der Waals surface area (Å²) in [4.78, 5) is 15.8. The summed E-state index contributed by atoms with van der Waals surface area (Å²) in [6, 6.07) is 3.33. The molecule has 1 fully saturated rings. The summed E-state index contributed by atoms with van der Waals surface area (Å²) in [5.74, 6) is 0.650. The monoisotopic (exact) mass is 422 g/mol. The van der Waals surface area contributed by atoms with Crippen molar-refractivity contribution in [2.45, 2.75) is 66.0 Å². The number of nitrogens with zero attached hydrogens (tertiary/aromatic N) is 1. The van der Waals surface area contributed by atoms with E-state index in [9.17, 15) is 9.90 Å². The van der Waals surface area contributed by atoms with Crippen LogP contribution in [0.25, 0.3) is 11.0 Å². The number of furan rings is 1. The first-order valence-electron chi connectivity index (χ1n) is 11.4. The molecule has 1 unspecified atom stereocenters. The van der Waals surface area contributed by atoms with Gasteiger partial charge in [0, 0.05) is 22.9 Å². The van der Waals surface area contributed by atoms with Gasteiger partial charge in [0.1, 0.15) is 17.1 Å². The van der Waals surface area contributed by atoms with E-state index in [1.807, 2.05) is 13.0 Å². The highest BCUT2D eigenvalue weighted by Crippen LogP contribution is 2.36. The second-order valence-electron chi connectivity index (χ2n) is 9.68. The van der Waals surface area contributed by atoms with E-state index in [2.05, 4.69) is 43.1 Å². The highest BCUT2D eigenvalue weighted by Gasteiger charge is 2.31. The van der Waals surface area contributed by atoms with Crippen LogP contribution in [0, 0.1) is 12.3 Å². The van der Waals surface area contributed by atoms with Crippen molar-refractivity contribution in [3.8, 4) is 5.75 Å². The van der Waals surface area contributed by atoms with Gasteiger partial charge in [-0.2, -0.15) is 0 Å². The summed E-state index contributed by atoms with van der Waals surface area (Å²) < 4.78 is 5.97. The third-order valence-electron chi connectivity index (χ3n) is 6.66. The van der Waals surface area contributed by atoms with Crippen molar-refractivity contribution in [3.05, 3.63) is 52.8 Å². The first-order valence-corrected chi connectivity index (χ1v) is 11.4. The van der Waals surface area contributed by atoms with Gasteiger partial charge in [0.05, 0.1) is 11.6 Å². The second kappa shape index (κ2) is 8.54. The van der Waals surface area contributed by atoms with E-state index in [1.165, 1.54) is 31.3 Å². The molecule has 0 bridgehead atoms. The van der Waals surface area contributed by atoms with Crippen LogP contribution in [0.15, 0.2) is 40.4 Å². The van der Waals surface area contributed by atoms with Crippen molar-refractivity contribution in [1.82, 2.24) is 10.2 Å². The van der Waals surface area contributed by atoms with Crippen LogP contribution in [-0.4, -0.2) is 35.0 Å². The molecule has 1 aliphatic carbocycles. The van der Waals surface area contributed by atoms with Crippen molar-refractivity contribution in [1.29, 1.82) is 0 Å². The minimum Gasteiger partial charge on any atom is -0.508 e. The molecule has 0 spiro atoms. The van der Waals surface area contributed by atoms with Gasteiger partial charge in [0.2, 0.25) is 0 Å². The van der Waals surface area contributed by atoms with E-state index in [-0.39, 0.29) is 23.1 Å². The van der Waals surface area contributed by atoms with E-state index in [0.29, 0.717) is 23.5 Å². The molecule has 0 saturated carbocycles. The molecule has 166 valence electrons. The third-order valence-corrected chi connectivity index (χ3v) is 6.66. The van der Waals surface area contributed by atoms with Crippen LogP contribution in [0.3, 0.4) is 0 Å². The number of amides is 1. The number of hydrogen-bond donors (Lipinski definition) is 2. The minimum absolute atomic E-state index is 0.112. The van der Waals surface area contributed by atoms with Crippen LogP contribution in [0.1, 0.15) is 68.1 Å². The van der Waals surface area contributed by atoms with Gasteiger partial charge in [-0.15, -0.1) is 0 Å². The van der Waals surface area contributed by atoms with E-state index in [1.54, 1.807) is 12.1 Å². The number of fused-ring (bicyclic) bond motifs is 1. The molecule has 2 aromatic rings. The SMILES string of the molecule is CC1=CC(C)(C)C(NC(=O)c2c(C)oc3ccc(O)c(CN4CCCCCC4)c23)C=C1. The number of allylic oxidation sites excluding steroid dienone is 2. The molecule has 1 aromatic carbocycles. The number of aromatic hydroxyl groups is 1. The molecule has 2 heterocycles. The lowest BCUT2D eigenvalue weighted by Crippen LogP contribution is -2.44. The molecule has 1 atom stereocenters. The van der Waals surface area contributed by atoms with E-state index >= 15 is 0 Å². The number of rotatable bonds is 4. The Morgan fingerprint density at radius 1 is 1.19 bits per heavy atom. The maximum Gasteiger partial charge on any atom is 0.255 e. The summed E-state index contributed by atoms with van der Waals surface area (Å²) in [7, 11) is 0. The maximum absolute atomic E-state index is 13.5. The number of carbonyl (C=O) groups excluding carboxylic acids is 1. The fraction of sp³-hybridized carbons (Fsp3) is 0.500. The smallest absolute Gasteiger partial charge is 0.255 e. The Hall–Kier alpha value is -2.53. The number of aryl methyl sites for hydroxylation is 1. The van der Waals surface area contributed by atoms with Gasteiger partial charge in [0.15, 0.2) is 0 Å². The fourth-order valence-electron chi connectivity index (χ4n) is 4.99. The van der Waals surface area contributed by atoms with Gasteiger partial charge < -0.3 is 14.8 Å².